The fourth-order valence-corrected chi connectivity index (χ4v) is 3.54. The summed E-state index contributed by atoms with van der Waals surface area (Å²) in [5, 5.41) is 15.7. The number of nitrogens with one attached hydrogen (secondary N) is 1. The number of carbonyl (C=O) groups excluding carboxylic acids is 1. The monoisotopic (exact) mass is 411 g/mol. The van der Waals surface area contributed by atoms with Crippen LogP contribution >= 0.6 is 11.5 Å². The van der Waals surface area contributed by atoms with E-state index in [-0.39, 0.29) is 18.4 Å². The second kappa shape index (κ2) is 7.84. The first-order valence-corrected chi connectivity index (χ1v) is 9.51. The third-order valence-corrected chi connectivity index (χ3v) is 5.17. The lowest BCUT2D eigenvalue weighted by Gasteiger charge is -2.03. The highest BCUT2D eigenvalue weighted by molar-refractivity contribution is 7.10. The summed E-state index contributed by atoms with van der Waals surface area (Å²) < 4.78 is 20.5. The van der Waals surface area contributed by atoms with Crippen LogP contribution in [0.1, 0.15) is 27.7 Å². The molecule has 4 rings (SSSR count). The number of esters is 1. The molecule has 0 aliphatic carbocycles. The molecule has 1 aromatic carbocycles. The second-order valence-corrected chi connectivity index (χ2v) is 6.90. The van der Waals surface area contributed by atoms with Crippen LogP contribution in [0.2, 0.25) is 0 Å². The topological polar surface area (TPSA) is 116 Å². The van der Waals surface area contributed by atoms with Crippen LogP contribution in [0.4, 0.5) is 5.00 Å². The first-order chi connectivity index (χ1) is 14.1. The van der Waals surface area contributed by atoms with Gasteiger partial charge in [0.1, 0.15) is 27.6 Å². The summed E-state index contributed by atoms with van der Waals surface area (Å²) in [4.78, 5) is 12.4. The first kappa shape index (κ1) is 18.8. The maximum Gasteiger partial charge on any atom is 0.343 e. The Morgan fingerprint density at radius 3 is 2.76 bits per heavy atom. The number of nitrogens with zero attached hydrogens (tertiary/aromatic N) is 4. The van der Waals surface area contributed by atoms with Crippen LogP contribution in [0.25, 0.3) is 22.7 Å². The van der Waals surface area contributed by atoms with Crippen LogP contribution in [0.15, 0.2) is 39.3 Å². The van der Waals surface area contributed by atoms with E-state index >= 15 is 0 Å². The highest BCUT2D eigenvalue weighted by Gasteiger charge is 2.23. The Labute approximate surface area is 169 Å². The van der Waals surface area contributed by atoms with Crippen molar-refractivity contribution < 1.29 is 18.5 Å². The maximum atomic E-state index is 12.4. The molecule has 0 unspecified atom stereocenters. The Kier molecular flexibility index (Phi) is 5.09. The van der Waals surface area contributed by atoms with Crippen molar-refractivity contribution in [2.45, 2.75) is 20.5 Å². The molecule has 4 aromatic rings. The molecule has 0 aliphatic rings. The Morgan fingerprint density at radius 2 is 2.00 bits per heavy atom. The van der Waals surface area contributed by atoms with Gasteiger partial charge in [-0.1, -0.05) is 35.5 Å². The Morgan fingerprint density at radius 1 is 1.21 bits per heavy atom. The number of anilines is 1. The first-order valence-electron chi connectivity index (χ1n) is 8.74. The fourth-order valence-electron chi connectivity index (χ4n) is 2.81. The van der Waals surface area contributed by atoms with E-state index in [0.29, 0.717) is 33.3 Å². The summed E-state index contributed by atoms with van der Waals surface area (Å²) in [7, 11) is 1.72. The molecule has 0 radical (unpaired) electrons. The summed E-state index contributed by atoms with van der Waals surface area (Å²) in [5.41, 5.74) is 3.08. The zero-order valence-electron chi connectivity index (χ0n) is 15.9. The SMILES string of the molecule is CNc1snc(C)c1C(=O)OCc1nnc(-c2c(-c3ccccc3)noc2C)o1. The van der Waals surface area contributed by atoms with Crippen molar-refractivity contribution in [3.8, 4) is 22.7 Å². The Balaban J connectivity index is 1.54. The van der Waals surface area contributed by atoms with E-state index in [1.165, 1.54) is 11.5 Å². The molecule has 9 nitrogen and oxygen atoms in total. The zero-order chi connectivity index (χ0) is 20.4. The Hall–Kier alpha value is -3.53. The summed E-state index contributed by atoms with van der Waals surface area (Å²) >= 11 is 1.20. The van der Waals surface area contributed by atoms with Gasteiger partial charge in [0, 0.05) is 12.6 Å². The average molecular weight is 411 g/mol. The average Bonchev–Trinajstić information content (AvgIpc) is 3.45. The minimum absolute atomic E-state index is 0.157. The molecule has 0 fully saturated rings. The molecule has 3 heterocycles. The van der Waals surface area contributed by atoms with E-state index in [2.05, 4.69) is 25.0 Å². The molecule has 0 amide bonds. The highest BCUT2D eigenvalue weighted by atomic mass is 32.1. The molecule has 29 heavy (non-hydrogen) atoms. The molecule has 10 heteroatoms. The predicted molar refractivity (Wildman–Crippen MR) is 105 cm³/mol. The molecule has 0 spiro atoms. The maximum absolute atomic E-state index is 12.4. The van der Waals surface area contributed by atoms with Gasteiger partial charge in [-0.05, 0) is 25.4 Å². The molecule has 148 valence electrons. The van der Waals surface area contributed by atoms with Crippen LogP contribution < -0.4 is 5.32 Å². The number of hydrogen-bond donors (Lipinski definition) is 1. The lowest BCUT2D eigenvalue weighted by molar-refractivity contribution is 0.0439. The Bertz CT molecular complexity index is 1150. The number of aromatic nitrogens is 4. The van der Waals surface area contributed by atoms with Crippen molar-refractivity contribution in [1.82, 2.24) is 19.7 Å². The van der Waals surface area contributed by atoms with Crippen molar-refractivity contribution in [2.75, 3.05) is 12.4 Å². The second-order valence-electron chi connectivity index (χ2n) is 6.13. The summed E-state index contributed by atoms with van der Waals surface area (Å²) in [5.74, 6) is 0.457. The van der Waals surface area contributed by atoms with Crippen LogP contribution in [-0.2, 0) is 11.3 Å². The van der Waals surface area contributed by atoms with Crippen LogP contribution in [0, 0.1) is 13.8 Å². The van der Waals surface area contributed by atoms with Crippen LogP contribution in [0.5, 0.6) is 0 Å². The van der Waals surface area contributed by atoms with E-state index in [9.17, 15) is 4.79 Å². The van der Waals surface area contributed by atoms with Gasteiger partial charge in [0.05, 0.1) is 5.69 Å². The van der Waals surface area contributed by atoms with Crippen molar-refractivity contribution in [3.63, 3.8) is 0 Å². The number of aryl methyl sites for hydroxylation is 2. The van der Waals surface area contributed by atoms with Gasteiger partial charge in [-0.25, -0.2) is 4.79 Å². The molecule has 0 bridgehead atoms. The third kappa shape index (κ3) is 3.61. The fraction of sp³-hybridized carbons (Fsp3) is 0.211. The number of ether oxygens (including phenoxy) is 1. The van der Waals surface area contributed by atoms with Gasteiger partial charge in [-0.15, -0.1) is 10.2 Å². The largest absolute Gasteiger partial charge is 0.452 e. The summed E-state index contributed by atoms with van der Waals surface area (Å²) in [6.07, 6.45) is 0. The van der Waals surface area contributed by atoms with Crippen molar-refractivity contribution >= 4 is 22.5 Å². The van der Waals surface area contributed by atoms with E-state index in [0.717, 1.165) is 5.56 Å². The molecule has 0 aliphatic heterocycles. The van der Waals surface area contributed by atoms with E-state index in [4.69, 9.17) is 13.7 Å². The van der Waals surface area contributed by atoms with Crippen molar-refractivity contribution in [2.24, 2.45) is 0 Å². The molecule has 1 N–H and O–H groups in total. The summed E-state index contributed by atoms with van der Waals surface area (Å²) in [6, 6.07) is 9.55. The standard InChI is InChI=1S/C19H17N5O4S/c1-10-14(18(20-3)29-24-10)19(25)26-9-13-21-22-17(27-13)15-11(2)28-23-16(15)12-7-5-4-6-8-12/h4-8,20H,9H2,1-3H3. The van der Waals surface area contributed by atoms with Gasteiger partial charge in [0.25, 0.3) is 11.8 Å². The number of benzene rings is 1. The predicted octanol–water partition coefficient (Wildman–Crippen LogP) is 3.86. The van der Waals surface area contributed by atoms with E-state index < -0.39 is 5.97 Å². The number of carbonyl (C=O) groups is 1. The van der Waals surface area contributed by atoms with Gasteiger partial charge >= 0.3 is 5.97 Å². The van der Waals surface area contributed by atoms with Gasteiger partial charge in [0.2, 0.25) is 0 Å². The minimum atomic E-state index is -0.508. The molecule has 0 saturated heterocycles. The molecule has 0 atom stereocenters. The third-order valence-electron chi connectivity index (χ3n) is 4.21. The van der Waals surface area contributed by atoms with Crippen molar-refractivity contribution in [3.05, 3.63) is 53.2 Å². The molecular weight excluding hydrogens is 394 g/mol. The van der Waals surface area contributed by atoms with Gasteiger partial charge in [0.15, 0.2) is 6.61 Å². The quantitative estimate of drug-likeness (QED) is 0.472. The minimum Gasteiger partial charge on any atom is -0.452 e. The smallest absolute Gasteiger partial charge is 0.343 e. The van der Waals surface area contributed by atoms with Gasteiger partial charge < -0.3 is 19.0 Å². The van der Waals surface area contributed by atoms with Crippen molar-refractivity contribution in [1.29, 1.82) is 0 Å². The van der Waals surface area contributed by atoms with Gasteiger partial charge in [-0.3, -0.25) is 0 Å². The summed E-state index contributed by atoms with van der Waals surface area (Å²) in [6.45, 7) is 3.36. The molecule has 3 aromatic heterocycles. The lowest BCUT2D eigenvalue weighted by atomic mass is 10.1. The highest BCUT2D eigenvalue weighted by Crippen LogP contribution is 2.33. The normalized spacial score (nSPS) is 10.9. The van der Waals surface area contributed by atoms with E-state index in [1.54, 1.807) is 20.9 Å². The lowest BCUT2D eigenvalue weighted by Crippen LogP contribution is -2.08. The number of rotatable bonds is 6. The van der Waals surface area contributed by atoms with Crippen LogP contribution in [0.3, 0.4) is 0 Å². The number of hydrogen-bond acceptors (Lipinski definition) is 10. The zero-order valence-corrected chi connectivity index (χ0v) is 16.7. The van der Waals surface area contributed by atoms with Crippen LogP contribution in [-0.4, -0.2) is 32.7 Å². The molecular formula is C19H17N5O4S. The van der Waals surface area contributed by atoms with E-state index in [1.807, 2.05) is 30.3 Å². The van der Waals surface area contributed by atoms with Gasteiger partial charge in [-0.2, -0.15) is 4.37 Å². The molecule has 0 saturated carbocycles.